The third-order valence-electron chi connectivity index (χ3n) is 3.35. The second-order valence-electron chi connectivity index (χ2n) is 4.70. The number of rotatable bonds is 2. The van der Waals surface area contributed by atoms with Gasteiger partial charge in [0.15, 0.2) is 5.69 Å². The molecule has 2 aromatic heterocycles. The van der Waals surface area contributed by atoms with Gasteiger partial charge in [0.05, 0.1) is 5.69 Å². The van der Waals surface area contributed by atoms with Crippen LogP contribution in [0, 0.1) is 0 Å². The van der Waals surface area contributed by atoms with Crippen LogP contribution < -0.4 is 0 Å². The first-order valence-electron chi connectivity index (χ1n) is 6.03. The summed E-state index contributed by atoms with van der Waals surface area (Å²) in [6.45, 7) is 0. The number of hydrogen-bond acceptors (Lipinski definition) is 3. The van der Waals surface area contributed by atoms with Gasteiger partial charge >= 0.3 is 5.97 Å². The van der Waals surface area contributed by atoms with Crippen LogP contribution in [0.15, 0.2) is 30.5 Å². The van der Waals surface area contributed by atoms with Crippen molar-refractivity contribution in [2.24, 2.45) is 14.1 Å². The zero-order chi connectivity index (χ0) is 14.4. The molecule has 2 N–H and O–H groups in total. The number of phenols is 1. The summed E-state index contributed by atoms with van der Waals surface area (Å²) in [5.74, 6) is -0.888. The van der Waals surface area contributed by atoms with Crippen molar-refractivity contribution < 1.29 is 15.0 Å². The molecule has 0 amide bonds. The van der Waals surface area contributed by atoms with E-state index in [9.17, 15) is 9.90 Å². The first-order chi connectivity index (χ1) is 9.47. The number of aromatic hydroxyl groups is 1. The molecule has 0 saturated heterocycles. The molecule has 1 aromatic carbocycles. The van der Waals surface area contributed by atoms with Crippen LogP contribution >= 0.6 is 0 Å². The SMILES string of the molecule is Cn1nc(C(=O)O)cc1-c1cn(C)c2ccc(O)cc12. The monoisotopic (exact) mass is 271 g/mol. The highest BCUT2D eigenvalue weighted by Crippen LogP contribution is 2.32. The number of benzene rings is 1. The summed E-state index contributed by atoms with van der Waals surface area (Å²) in [7, 11) is 3.60. The van der Waals surface area contributed by atoms with E-state index in [1.807, 2.05) is 23.9 Å². The lowest BCUT2D eigenvalue weighted by atomic mass is 10.1. The predicted octanol–water partition coefficient (Wildman–Crippen LogP) is 1.98. The van der Waals surface area contributed by atoms with Crippen molar-refractivity contribution in [3.8, 4) is 17.0 Å². The van der Waals surface area contributed by atoms with Crippen molar-refractivity contribution in [1.29, 1.82) is 0 Å². The van der Waals surface area contributed by atoms with Crippen LogP contribution in [0.3, 0.4) is 0 Å². The summed E-state index contributed by atoms with van der Waals surface area (Å²) in [6, 6.07) is 6.64. The maximum Gasteiger partial charge on any atom is 0.356 e. The van der Waals surface area contributed by atoms with Gasteiger partial charge in [-0.05, 0) is 24.3 Å². The second-order valence-corrected chi connectivity index (χ2v) is 4.70. The van der Waals surface area contributed by atoms with Crippen molar-refractivity contribution in [3.05, 3.63) is 36.2 Å². The minimum absolute atomic E-state index is 0.000318. The fourth-order valence-electron chi connectivity index (χ4n) is 2.41. The normalized spacial score (nSPS) is 11.1. The minimum atomic E-state index is -1.06. The fraction of sp³-hybridized carbons (Fsp3) is 0.143. The van der Waals surface area contributed by atoms with E-state index in [1.165, 1.54) is 10.7 Å². The molecular weight excluding hydrogens is 258 g/mol. The number of carbonyl (C=O) groups is 1. The molecule has 0 aliphatic heterocycles. The average Bonchev–Trinajstić information content (AvgIpc) is 2.91. The Bertz CT molecular complexity index is 830. The van der Waals surface area contributed by atoms with E-state index in [0.29, 0.717) is 5.69 Å². The quantitative estimate of drug-likeness (QED) is 0.747. The van der Waals surface area contributed by atoms with Crippen LogP contribution in [0.1, 0.15) is 10.5 Å². The summed E-state index contributed by atoms with van der Waals surface area (Å²) in [6.07, 6.45) is 1.90. The van der Waals surface area contributed by atoms with Crippen LogP contribution in [-0.2, 0) is 14.1 Å². The minimum Gasteiger partial charge on any atom is -0.508 e. The zero-order valence-electron chi connectivity index (χ0n) is 11.0. The van der Waals surface area contributed by atoms with Crippen molar-refractivity contribution in [2.45, 2.75) is 0 Å². The molecule has 0 radical (unpaired) electrons. The largest absolute Gasteiger partial charge is 0.508 e. The molecule has 0 fully saturated rings. The number of aromatic carboxylic acids is 1. The Kier molecular flexibility index (Phi) is 2.53. The van der Waals surface area contributed by atoms with E-state index >= 15 is 0 Å². The zero-order valence-corrected chi connectivity index (χ0v) is 11.0. The van der Waals surface area contributed by atoms with E-state index in [2.05, 4.69) is 5.10 Å². The number of phenolic OH excluding ortho intramolecular Hbond substituents is 1. The van der Waals surface area contributed by atoms with Gasteiger partial charge in [-0.1, -0.05) is 0 Å². The third kappa shape index (κ3) is 1.73. The van der Waals surface area contributed by atoms with Crippen LogP contribution in [0.25, 0.3) is 22.2 Å². The molecule has 2 heterocycles. The molecule has 0 aliphatic rings. The Morgan fingerprint density at radius 1 is 1.25 bits per heavy atom. The molecule has 0 atom stereocenters. The number of aromatic nitrogens is 3. The number of hydrogen-bond donors (Lipinski definition) is 2. The van der Waals surface area contributed by atoms with E-state index in [1.54, 1.807) is 19.2 Å². The van der Waals surface area contributed by atoms with E-state index < -0.39 is 5.97 Å². The number of fused-ring (bicyclic) bond motifs is 1. The van der Waals surface area contributed by atoms with Gasteiger partial charge in [0.1, 0.15) is 5.75 Å². The van der Waals surface area contributed by atoms with Gasteiger partial charge in [0, 0.05) is 36.8 Å². The Morgan fingerprint density at radius 2 is 2.00 bits per heavy atom. The molecular formula is C14H13N3O3. The van der Waals surface area contributed by atoms with Gasteiger partial charge in [-0.15, -0.1) is 0 Å². The first kappa shape index (κ1) is 12.3. The number of aryl methyl sites for hydroxylation is 2. The van der Waals surface area contributed by atoms with Gasteiger partial charge in [-0.25, -0.2) is 4.79 Å². The number of nitrogens with zero attached hydrogens (tertiary/aromatic N) is 3. The predicted molar refractivity (Wildman–Crippen MR) is 73.7 cm³/mol. The average molecular weight is 271 g/mol. The Balaban J connectivity index is 2.29. The van der Waals surface area contributed by atoms with Gasteiger partial charge in [0.25, 0.3) is 0 Å². The van der Waals surface area contributed by atoms with E-state index in [0.717, 1.165) is 16.5 Å². The maximum atomic E-state index is 11.0. The smallest absolute Gasteiger partial charge is 0.356 e. The summed E-state index contributed by atoms with van der Waals surface area (Å²) < 4.78 is 3.46. The van der Waals surface area contributed by atoms with Crippen LogP contribution in [0.5, 0.6) is 5.75 Å². The van der Waals surface area contributed by atoms with E-state index in [4.69, 9.17) is 5.11 Å². The highest BCUT2D eigenvalue weighted by atomic mass is 16.4. The number of carboxylic acid groups (broad SMARTS) is 1. The third-order valence-corrected chi connectivity index (χ3v) is 3.35. The topological polar surface area (TPSA) is 80.3 Å². The lowest BCUT2D eigenvalue weighted by Crippen LogP contribution is -1.99. The van der Waals surface area contributed by atoms with Gasteiger partial charge in [-0.2, -0.15) is 5.10 Å². The molecule has 3 aromatic rings. The van der Waals surface area contributed by atoms with Crippen molar-refractivity contribution in [3.63, 3.8) is 0 Å². The maximum absolute atomic E-state index is 11.0. The molecule has 20 heavy (non-hydrogen) atoms. The van der Waals surface area contributed by atoms with Crippen LogP contribution in [0.4, 0.5) is 0 Å². The molecule has 0 spiro atoms. The molecule has 6 heteroatoms. The Labute approximate surface area is 114 Å². The van der Waals surface area contributed by atoms with Crippen LogP contribution in [-0.4, -0.2) is 30.5 Å². The Morgan fingerprint density at radius 3 is 2.65 bits per heavy atom. The first-order valence-corrected chi connectivity index (χ1v) is 6.03. The van der Waals surface area contributed by atoms with E-state index in [-0.39, 0.29) is 11.4 Å². The fourth-order valence-corrected chi connectivity index (χ4v) is 2.41. The molecule has 3 rings (SSSR count). The Hall–Kier alpha value is -2.76. The standard InChI is InChI=1S/C14H13N3O3/c1-16-7-10(9-5-8(18)3-4-12(9)16)13-6-11(14(19)20)15-17(13)2/h3-7,18H,1-2H3,(H,19,20). The van der Waals surface area contributed by atoms with Crippen molar-refractivity contribution >= 4 is 16.9 Å². The molecule has 0 saturated carbocycles. The van der Waals surface area contributed by atoms with Gasteiger partial charge < -0.3 is 14.8 Å². The van der Waals surface area contributed by atoms with Crippen molar-refractivity contribution in [1.82, 2.24) is 14.3 Å². The highest BCUT2D eigenvalue weighted by molar-refractivity contribution is 5.97. The lowest BCUT2D eigenvalue weighted by molar-refractivity contribution is 0.0689. The van der Waals surface area contributed by atoms with Crippen LogP contribution in [0.2, 0.25) is 0 Å². The highest BCUT2D eigenvalue weighted by Gasteiger charge is 2.16. The second kappa shape index (κ2) is 4.12. The number of carboxylic acids is 1. The molecule has 0 aliphatic carbocycles. The molecule has 0 bridgehead atoms. The summed E-state index contributed by atoms with van der Waals surface area (Å²) in [5.41, 5.74) is 2.48. The summed E-state index contributed by atoms with van der Waals surface area (Å²) >= 11 is 0. The summed E-state index contributed by atoms with van der Waals surface area (Å²) in [4.78, 5) is 11.0. The van der Waals surface area contributed by atoms with Crippen molar-refractivity contribution in [2.75, 3.05) is 0 Å². The molecule has 6 nitrogen and oxygen atoms in total. The van der Waals surface area contributed by atoms with Gasteiger partial charge in [0.2, 0.25) is 0 Å². The molecule has 0 unspecified atom stereocenters. The van der Waals surface area contributed by atoms with Gasteiger partial charge in [-0.3, -0.25) is 4.68 Å². The summed E-state index contributed by atoms with van der Waals surface area (Å²) in [5, 5.41) is 23.5. The molecule has 102 valence electrons. The lowest BCUT2D eigenvalue weighted by Gasteiger charge is -2.00.